The van der Waals surface area contributed by atoms with Crippen LogP contribution in [0.3, 0.4) is 0 Å². The van der Waals surface area contributed by atoms with Crippen molar-refractivity contribution in [3.8, 4) is 0 Å². The predicted molar refractivity (Wildman–Crippen MR) is 140 cm³/mol. The monoisotopic (exact) mass is 418 g/mol. The van der Waals surface area contributed by atoms with Crippen molar-refractivity contribution in [1.82, 2.24) is 0 Å². The summed E-state index contributed by atoms with van der Waals surface area (Å²) in [4.78, 5) is 0. The highest BCUT2D eigenvalue weighted by molar-refractivity contribution is 5.10. The fourth-order valence-corrected chi connectivity index (χ4v) is 4.33. The van der Waals surface area contributed by atoms with E-state index in [1.165, 1.54) is 83.5 Å². The van der Waals surface area contributed by atoms with Gasteiger partial charge in [-0.1, -0.05) is 136 Å². The topological polar surface area (TPSA) is 0 Å². The minimum atomic E-state index is 0.824. The Morgan fingerprint density at radius 3 is 1.50 bits per heavy atom. The fraction of sp³-hybridized carbons (Fsp3) is 0.867. The highest BCUT2D eigenvalue weighted by Crippen LogP contribution is 2.21. The number of hydrogen-bond donors (Lipinski definition) is 0. The number of hydrogen-bond acceptors (Lipinski definition) is 0. The minimum absolute atomic E-state index is 0.824. The molecule has 0 heterocycles. The predicted octanol–water partition coefficient (Wildman–Crippen LogP) is 10.8. The van der Waals surface area contributed by atoms with Gasteiger partial charge in [0.1, 0.15) is 0 Å². The smallest absolute Gasteiger partial charge is 0.0320 e. The third kappa shape index (κ3) is 20.7. The van der Waals surface area contributed by atoms with E-state index in [4.69, 9.17) is 0 Å². The first-order valence-corrected chi connectivity index (χ1v) is 13.5. The van der Waals surface area contributed by atoms with Crippen LogP contribution in [0.1, 0.15) is 139 Å². The van der Waals surface area contributed by atoms with Crippen LogP contribution in [0.4, 0.5) is 0 Å². The normalized spacial score (nSPS) is 16.0. The molecule has 0 aliphatic heterocycles. The molecule has 178 valence electrons. The van der Waals surface area contributed by atoms with Crippen LogP contribution in [-0.2, 0) is 0 Å². The molecule has 0 rings (SSSR count). The van der Waals surface area contributed by atoms with E-state index in [1.54, 1.807) is 5.57 Å². The van der Waals surface area contributed by atoms with Crippen molar-refractivity contribution >= 4 is 0 Å². The SMILES string of the molecule is C/C(=C\C=C\C[C@H](C)CCC[C@H](C)CCCC(C)C)CCC[C@@H](C)CCCC(C)C. The molecule has 0 aromatic heterocycles. The summed E-state index contributed by atoms with van der Waals surface area (Å²) >= 11 is 0. The maximum atomic E-state index is 2.45. The molecule has 3 atom stereocenters. The van der Waals surface area contributed by atoms with Crippen LogP contribution in [0, 0.1) is 29.6 Å². The molecule has 0 amide bonds. The number of allylic oxidation sites excluding steroid dienone is 4. The van der Waals surface area contributed by atoms with Crippen LogP contribution in [0.2, 0.25) is 0 Å². The van der Waals surface area contributed by atoms with E-state index >= 15 is 0 Å². The zero-order chi connectivity index (χ0) is 22.8. The van der Waals surface area contributed by atoms with E-state index in [1.807, 2.05) is 0 Å². The van der Waals surface area contributed by atoms with Gasteiger partial charge in [-0.3, -0.25) is 0 Å². The molecule has 0 aromatic carbocycles. The molecule has 0 aliphatic rings. The molecular weight excluding hydrogens is 360 g/mol. The lowest BCUT2D eigenvalue weighted by atomic mass is 9.92. The first-order chi connectivity index (χ1) is 14.2. The summed E-state index contributed by atoms with van der Waals surface area (Å²) in [5, 5.41) is 0. The lowest BCUT2D eigenvalue weighted by Gasteiger charge is -2.14. The Balaban J connectivity index is 3.78. The average Bonchev–Trinajstić information content (AvgIpc) is 2.64. The maximum Gasteiger partial charge on any atom is -0.0320 e. The Labute approximate surface area is 192 Å². The van der Waals surface area contributed by atoms with Gasteiger partial charge in [0.25, 0.3) is 0 Å². The summed E-state index contributed by atoms with van der Waals surface area (Å²) in [6.07, 6.45) is 25.0. The molecule has 30 heavy (non-hydrogen) atoms. The summed E-state index contributed by atoms with van der Waals surface area (Å²) in [7, 11) is 0. The van der Waals surface area contributed by atoms with Gasteiger partial charge >= 0.3 is 0 Å². The second kappa shape index (κ2) is 19.2. The van der Waals surface area contributed by atoms with Gasteiger partial charge in [0, 0.05) is 0 Å². The van der Waals surface area contributed by atoms with Crippen LogP contribution < -0.4 is 0 Å². The zero-order valence-electron chi connectivity index (χ0n) is 22.3. The van der Waals surface area contributed by atoms with Gasteiger partial charge in [0.05, 0.1) is 0 Å². The average molecular weight is 419 g/mol. The van der Waals surface area contributed by atoms with E-state index in [0.29, 0.717) is 0 Å². The molecule has 0 spiro atoms. The molecule has 0 fully saturated rings. The lowest BCUT2D eigenvalue weighted by Crippen LogP contribution is -1.99. The second-order valence-corrected chi connectivity index (χ2v) is 11.5. The largest absolute Gasteiger partial charge is 0.0843 e. The molecule has 0 saturated carbocycles. The van der Waals surface area contributed by atoms with Gasteiger partial charge in [0.2, 0.25) is 0 Å². The third-order valence-electron chi connectivity index (χ3n) is 6.67. The van der Waals surface area contributed by atoms with Crippen LogP contribution in [-0.4, -0.2) is 0 Å². The van der Waals surface area contributed by atoms with E-state index in [-0.39, 0.29) is 0 Å². The molecule has 0 radical (unpaired) electrons. The van der Waals surface area contributed by atoms with Crippen molar-refractivity contribution in [1.29, 1.82) is 0 Å². The Hall–Kier alpha value is -0.520. The molecule has 0 aromatic rings. The third-order valence-corrected chi connectivity index (χ3v) is 6.67. The molecule has 0 bridgehead atoms. The standard InChI is InChI=1S/C30H58/c1-25(2)15-11-19-29(7)23-13-21-27(5)17-9-10-18-28(6)22-14-24-30(8)20-12-16-26(3)4/h9-10,17,25-26,28-30H,11-16,18-24H2,1-8H3/b10-9+,27-17+/t28-,29-,30+/m0/s1. The van der Waals surface area contributed by atoms with Crippen molar-refractivity contribution in [3.63, 3.8) is 0 Å². The Morgan fingerprint density at radius 2 is 1.00 bits per heavy atom. The molecule has 0 nitrogen and oxygen atoms in total. The molecule has 0 saturated heterocycles. The first kappa shape index (κ1) is 29.5. The molecule has 0 aliphatic carbocycles. The van der Waals surface area contributed by atoms with Gasteiger partial charge in [-0.15, -0.1) is 0 Å². The van der Waals surface area contributed by atoms with Crippen LogP contribution in [0.25, 0.3) is 0 Å². The zero-order valence-corrected chi connectivity index (χ0v) is 22.3. The van der Waals surface area contributed by atoms with E-state index in [9.17, 15) is 0 Å². The highest BCUT2D eigenvalue weighted by atomic mass is 14.1. The minimum Gasteiger partial charge on any atom is -0.0843 e. The van der Waals surface area contributed by atoms with Crippen molar-refractivity contribution < 1.29 is 0 Å². The maximum absolute atomic E-state index is 2.45. The molecule has 0 unspecified atom stereocenters. The Kier molecular flexibility index (Phi) is 18.9. The van der Waals surface area contributed by atoms with E-state index < -0.39 is 0 Å². The Bertz CT molecular complexity index is 425. The van der Waals surface area contributed by atoms with Gasteiger partial charge in [-0.25, -0.2) is 0 Å². The van der Waals surface area contributed by atoms with Crippen molar-refractivity contribution in [2.45, 2.75) is 139 Å². The summed E-state index contributed by atoms with van der Waals surface area (Å²) in [5.74, 6) is 4.36. The lowest BCUT2D eigenvalue weighted by molar-refractivity contribution is 0.401. The van der Waals surface area contributed by atoms with Crippen LogP contribution in [0.5, 0.6) is 0 Å². The summed E-state index contributed by atoms with van der Waals surface area (Å²) < 4.78 is 0. The summed E-state index contributed by atoms with van der Waals surface area (Å²) in [5.41, 5.74) is 1.54. The van der Waals surface area contributed by atoms with Crippen LogP contribution in [0.15, 0.2) is 23.8 Å². The molecule has 0 N–H and O–H groups in total. The van der Waals surface area contributed by atoms with Crippen molar-refractivity contribution in [3.05, 3.63) is 23.8 Å². The fourth-order valence-electron chi connectivity index (χ4n) is 4.33. The quantitative estimate of drug-likeness (QED) is 0.183. The summed E-state index contributed by atoms with van der Waals surface area (Å²) in [6.45, 7) is 19.0. The van der Waals surface area contributed by atoms with Gasteiger partial charge < -0.3 is 0 Å². The second-order valence-electron chi connectivity index (χ2n) is 11.5. The summed E-state index contributed by atoms with van der Waals surface area (Å²) in [6, 6.07) is 0. The van der Waals surface area contributed by atoms with E-state index in [2.05, 4.69) is 73.6 Å². The van der Waals surface area contributed by atoms with Crippen molar-refractivity contribution in [2.24, 2.45) is 29.6 Å². The van der Waals surface area contributed by atoms with Crippen molar-refractivity contribution in [2.75, 3.05) is 0 Å². The molecule has 0 heteroatoms. The van der Waals surface area contributed by atoms with Gasteiger partial charge in [-0.2, -0.15) is 0 Å². The molecular formula is C30H58. The van der Waals surface area contributed by atoms with Gasteiger partial charge in [-0.05, 0) is 55.8 Å². The number of rotatable bonds is 19. The Morgan fingerprint density at radius 1 is 0.567 bits per heavy atom. The first-order valence-electron chi connectivity index (χ1n) is 13.5. The highest BCUT2D eigenvalue weighted by Gasteiger charge is 2.06. The van der Waals surface area contributed by atoms with E-state index in [0.717, 1.165) is 29.6 Å². The van der Waals surface area contributed by atoms with Gasteiger partial charge in [0.15, 0.2) is 0 Å². The van der Waals surface area contributed by atoms with Crippen LogP contribution >= 0.6 is 0 Å².